The lowest BCUT2D eigenvalue weighted by Gasteiger charge is -2.00. The summed E-state index contributed by atoms with van der Waals surface area (Å²) in [4.78, 5) is 3.99. The van der Waals surface area contributed by atoms with Crippen LogP contribution in [0.5, 0.6) is 0 Å². The van der Waals surface area contributed by atoms with E-state index in [0.29, 0.717) is 12.2 Å². The molecule has 0 aliphatic rings. The summed E-state index contributed by atoms with van der Waals surface area (Å²) >= 11 is 0. The summed E-state index contributed by atoms with van der Waals surface area (Å²) in [6, 6.07) is 1.93. The van der Waals surface area contributed by atoms with Crippen molar-refractivity contribution < 1.29 is 17.6 Å². The van der Waals surface area contributed by atoms with Gasteiger partial charge in [0.25, 0.3) is 0 Å². The van der Waals surface area contributed by atoms with Crippen LogP contribution in [0.15, 0.2) is 22.8 Å². The van der Waals surface area contributed by atoms with Gasteiger partial charge in [0.1, 0.15) is 6.26 Å². The van der Waals surface area contributed by atoms with Crippen LogP contribution in [0.1, 0.15) is 12.6 Å². The Hall–Kier alpha value is -1.82. The molecule has 3 nitrogen and oxygen atoms in total. The Morgan fingerprint density at radius 3 is 2.72 bits per heavy atom. The Bertz CT molecular complexity index is 554. The van der Waals surface area contributed by atoms with Gasteiger partial charge in [-0.05, 0) is 18.7 Å². The van der Waals surface area contributed by atoms with E-state index in [4.69, 9.17) is 4.42 Å². The lowest BCUT2D eigenvalue weighted by atomic mass is 10.2. The van der Waals surface area contributed by atoms with Crippen LogP contribution in [0.4, 0.5) is 13.2 Å². The summed E-state index contributed by atoms with van der Waals surface area (Å²) in [5.41, 5.74) is 0.368. The third kappa shape index (κ3) is 2.38. The first-order valence-electron chi connectivity index (χ1n) is 5.42. The maximum Gasteiger partial charge on any atom is 0.229 e. The number of oxazole rings is 1. The molecule has 6 heteroatoms. The molecule has 1 aromatic heterocycles. The minimum absolute atomic E-state index is 0.0701. The molecule has 1 N–H and O–H groups in total. The first kappa shape index (κ1) is 12.6. The first-order chi connectivity index (χ1) is 8.63. The second-order valence-corrected chi connectivity index (χ2v) is 3.65. The minimum Gasteiger partial charge on any atom is -0.444 e. The van der Waals surface area contributed by atoms with Crippen LogP contribution in [0, 0.1) is 17.5 Å². The third-order valence-electron chi connectivity index (χ3n) is 2.37. The molecule has 0 atom stereocenters. The van der Waals surface area contributed by atoms with Gasteiger partial charge in [-0.3, -0.25) is 0 Å². The van der Waals surface area contributed by atoms with Gasteiger partial charge >= 0.3 is 0 Å². The second-order valence-electron chi connectivity index (χ2n) is 3.65. The van der Waals surface area contributed by atoms with Crippen molar-refractivity contribution in [3.63, 3.8) is 0 Å². The molecule has 0 spiro atoms. The Labute approximate surface area is 102 Å². The molecular formula is C12H11F3N2O. The van der Waals surface area contributed by atoms with Gasteiger partial charge in [-0.15, -0.1) is 0 Å². The van der Waals surface area contributed by atoms with E-state index >= 15 is 0 Å². The Kier molecular flexibility index (Phi) is 3.66. The van der Waals surface area contributed by atoms with E-state index in [0.717, 1.165) is 18.7 Å². The lowest BCUT2D eigenvalue weighted by molar-refractivity contribution is 0.446. The number of halogens is 3. The fourth-order valence-electron chi connectivity index (χ4n) is 1.46. The molecule has 2 rings (SSSR count). The predicted molar refractivity (Wildman–Crippen MR) is 59.2 cm³/mol. The van der Waals surface area contributed by atoms with Crippen LogP contribution in [-0.4, -0.2) is 11.5 Å². The molecule has 0 fully saturated rings. The standard InChI is InChI=1S/C12H11F3N2O/c1-2-16-5-7-6-18-12(17-7)8-3-4-9(13)11(15)10(8)14/h3-4,6,16H,2,5H2,1H3. The van der Waals surface area contributed by atoms with E-state index in [1.807, 2.05) is 6.92 Å². The molecule has 0 amide bonds. The van der Waals surface area contributed by atoms with Crippen molar-refractivity contribution in [1.29, 1.82) is 0 Å². The molecule has 0 bridgehead atoms. The first-order valence-corrected chi connectivity index (χ1v) is 5.42. The summed E-state index contributed by atoms with van der Waals surface area (Å²) in [6.07, 6.45) is 1.35. The van der Waals surface area contributed by atoms with Crippen LogP contribution in [-0.2, 0) is 6.54 Å². The lowest BCUT2D eigenvalue weighted by Crippen LogP contribution is -2.11. The van der Waals surface area contributed by atoms with Gasteiger partial charge in [0.05, 0.1) is 11.3 Å². The highest BCUT2D eigenvalue weighted by Crippen LogP contribution is 2.25. The quantitative estimate of drug-likeness (QED) is 0.855. The number of aromatic nitrogens is 1. The molecule has 96 valence electrons. The number of hydrogen-bond donors (Lipinski definition) is 1. The second kappa shape index (κ2) is 5.22. The number of nitrogens with zero attached hydrogens (tertiary/aromatic N) is 1. The summed E-state index contributed by atoms with van der Waals surface area (Å²) in [5, 5.41) is 3.01. The fraction of sp³-hybridized carbons (Fsp3) is 0.250. The average molecular weight is 256 g/mol. The maximum absolute atomic E-state index is 13.5. The van der Waals surface area contributed by atoms with E-state index in [1.54, 1.807) is 0 Å². The SMILES string of the molecule is CCNCc1coc(-c2ccc(F)c(F)c2F)n1. The van der Waals surface area contributed by atoms with Crippen molar-refractivity contribution >= 4 is 0 Å². The molecule has 0 saturated heterocycles. The molecule has 0 aliphatic carbocycles. The normalized spacial score (nSPS) is 10.9. The third-order valence-corrected chi connectivity index (χ3v) is 2.37. The van der Waals surface area contributed by atoms with Crippen LogP contribution in [0.25, 0.3) is 11.5 Å². The van der Waals surface area contributed by atoms with Crippen LogP contribution in [0.3, 0.4) is 0 Å². The van der Waals surface area contributed by atoms with E-state index in [-0.39, 0.29) is 11.5 Å². The minimum atomic E-state index is -1.53. The van der Waals surface area contributed by atoms with Crippen LogP contribution in [0.2, 0.25) is 0 Å². The van der Waals surface area contributed by atoms with Gasteiger partial charge in [0.15, 0.2) is 17.5 Å². The Morgan fingerprint density at radius 2 is 2.00 bits per heavy atom. The number of rotatable bonds is 4. The topological polar surface area (TPSA) is 38.1 Å². The zero-order valence-electron chi connectivity index (χ0n) is 9.64. The fourth-order valence-corrected chi connectivity index (χ4v) is 1.46. The largest absolute Gasteiger partial charge is 0.444 e. The predicted octanol–water partition coefficient (Wildman–Crippen LogP) is 2.87. The monoisotopic (exact) mass is 256 g/mol. The highest BCUT2D eigenvalue weighted by atomic mass is 19.2. The molecule has 1 heterocycles. The van der Waals surface area contributed by atoms with E-state index in [2.05, 4.69) is 10.3 Å². The smallest absolute Gasteiger partial charge is 0.229 e. The molecule has 0 unspecified atom stereocenters. The van der Waals surface area contributed by atoms with Crippen molar-refractivity contribution in [2.45, 2.75) is 13.5 Å². The van der Waals surface area contributed by atoms with Gasteiger partial charge in [-0.2, -0.15) is 0 Å². The highest BCUT2D eigenvalue weighted by Gasteiger charge is 2.18. The van der Waals surface area contributed by atoms with Gasteiger partial charge < -0.3 is 9.73 Å². The van der Waals surface area contributed by atoms with Crippen molar-refractivity contribution in [3.8, 4) is 11.5 Å². The summed E-state index contributed by atoms with van der Waals surface area (Å²) in [7, 11) is 0. The van der Waals surface area contributed by atoms with Gasteiger partial charge in [0, 0.05) is 6.54 Å². The molecule has 1 aromatic carbocycles. The van der Waals surface area contributed by atoms with E-state index in [9.17, 15) is 13.2 Å². The zero-order chi connectivity index (χ0) is 13.1. The Balaban J connectivity index is 2.31. The van der Waals surface area contributed by atoms with Crippen LogP contribution < -0.4 is 5.32 Å². The average Bonchev–Trinajstić information content (AvgIpc) is 2.82. The van der Waals surface area contributed by atoms with Gasteiger partial charge in [-0.1, -0.05) is 6.92 Å². The number of hydrogen-bond acceptors (Lipinski definition) is 3. The number of benzene rings is 1. The summed E-state index contributed by atoms with van der Waals surface area (Å²) in [6.45, 7) is 3.14. The highest BCUT2D eigenvalue weighted by molar-refractivity contribution is 5.54. The van der Waals surface area contributed by atoms with Gasteiger partial charge in [-0.25, -0.2) is 18.2 Å². The van der Waals surface area contributed by atoms with Crippen molar-refractivity contribution in [2.24, 2.45) is 0 Å². The zero-order valence-corrected chi connectivity index (χ0v) is 9.64. The summed E-state index contributed by atoms with van der Waals surface area (Å²) < 4.78 is 44.3. The Morgan fingerprint density at radius 1 is 1.22 bits per heavy atom. The molecule has 18 heavy (non-hydrogen) atoms. The maximum atomic E-state index is 13.5. The van der Waals surface area contributed by atoms with E-state index < -0.39 is 17.5 Å². The van der Waals surface area contributed by atoms with Crippen LogP contribution >= 0.6 is 0 Å². The van der Waals surface area contributed by atoms with Crippen molar-refractivity contribution in [3.05, 3.63) is 41.5 Å². The van der Waals surface area contributed by atoms with Crippen molar-refractivity contribution in [1.82, 2.24) is 10.3 Å². The molecule has 0 radical (unpaired) electrons. The van der Waals surface area contributed by atoms with E-state index in [1.165, 1.54) is 6.26 Å². The molecule has 0 aliphatic heterocycles. The molecule has 2 aromatic rings. The molecule has 0 saturated carbocycles. The van der Waals surface area contributed by atoms with Gasteiger partial charge in [0.2, 0.25) is 5.89 Å². The summed E-state index contributed by atoms with van der Waals surface area (Å²) in [5.74, 6) is -4.14. The molecular weight excluding hydrogens is 245 g/mol. The van der Waals surface area contributed by atoms with Crippen molar-refractivity contribution in [2.75, 3.05) is 6.54 Å². The number of nitrogens with one attached hydrogen (secondary N) is 1.